The van der Waals surface area contributed by atoms with E-state index in [1.165, 1.54) is 10.9 Å². The molecule has 2 aromatic heterocycles. The Balaban J connectivity index is 1.52. The fraction of sp³-hybridized carbons (Fsp3) is 0.292. The lowest BCUT2D eigenvalue weighted by molar-refractivity contribution is 0.464. The van der Waals surface area contributed by atoms with Gasteiger partial charge in [0.25, 0.3) is 10.0 Å². The molecule has 9 nitrogen and oxygen atoms in total. The zero-order valence-electron chi connectivity index (χ0n) is 19.2. The summed E-state index contributed by atoms with van der Waals surface area (Å²) in [7, 11) is -4.32. The summed E-state index contributed by atoms with van der Waals surface area (Å²) >= 11 is 0.810. The number of benzene rings is 2. The van der Waals surface area contributed by atoms with E-state index in [9.17, 15) is 13.2 Å². The van der Waals surface area contributed by atoms with Gasteiger partial charge in [-0.2, -0.15) is 4.37 Å². The third-order valence-electron chi connectivity index (χ3n) is 6.03. The molecule has 1 saturated heterocycles. The number of rotatable bonds is 5. The summed E-state index contributed by atoms with van der Waals surface area (Å²) in [5, 5.41) is 3.38. The van der Waals surface area contributed by atoms with Gasteiger partial charge in [0.05, 0.1) is 17.6 Å². The summed E-state index contributed by atoms with van der Waals surface area (Å²) in [6, 6.07) is 8.99. The smallest absolute Gasteiger partial charge is 0.408 e. The molecule has 1 aliphatic rings. The van der Waals surface area contributed by atoms with Crippen molar-refractivity contribution in [3.63, 3.8) is 0 Å². The van der Waals surface area contributed by atoms with E-state index in [1.54, 1.807) is 6.92 Å². The van der Waals surface area contributed by atoms with E-state index in [2.05, 4.69) is 31.2 Å². The molecule has 186 valence electrons. The summed E-state index contributed by atoms with van der Waals surface area (Å²) < 4.78 is 53.0. The van der Waals surface area contributed by atoms with Gasteiger partial charge in [0, 0.05) is 29.2 Å². The first kappa shape index (κ1) is 24.2. The SMILES string of the molecule is CC(c1ccccc1C#CC1CCCCN1)n1c(=O)oc2cc(S(=O)(=O)Nc3ncns3)c(F)cc21. The largest absolute Gasteiger partial charge is 0.420 e. The lowest BCUT2D eigenvalue weighted by Crippen LogP contribution is -2.32. The molecule has 3 heterocycles. The molecular formula is C24H22FN5O4S2. The van der Waals surface area contributed by atoms with Crippen molar-refractivity contribution in [2.75, 3.05) is 11.3 Å². The highest BCUT2D eigenvalue weighted by Crippen LogP contribution is 2.29. The van der Waals surface area contributed by atoms with Gasteiger partial charge in [-0.15, -0.1) is 0 Å². The second kappa shape index (κ2) is 9.85. The van der Waals surface area contributed by atoms with Gasteiger partial charge in [0.2, 0.25) is 5.13 Å². The minimum Gasteiger partial charge on any atom is -0.408 e. The van der Waals surface area contributed by atoms with E-state index < -0.39 is 32.5 Å². The van der Waals surface area contributed by atoms with E-state index in [1.807, 2.05) is 24.3 Å². The van der Waals surface area contributed by atoms with E-state index in [4.69, 9.17) is 4.42 Å². The number of nitrogens with one attached hydrogen (secondary N) is 2. The number of anilines is 1. The van der Waals surface area contributed by atoms with Gasteiger partial charge < -0.3 is 9.73 Å². The fourth-order valence-corrected chi connectivity index (χ4v) is 5.99. The molecule has 0 radical (unpaired) electrons. The van der Waals surface area contributed by atoms with Gasteiger partial charge in [-0.1, -0.05) is 30.0 Å². The molecule has 0 amide bonds. The number of sulfonamides is 1. The Labute approximate surface area is 210 Å². The number of halogens is 1. The van der Waals surface area contributed by atoms with Crippen LogP contribution in [0.1, 0.15) is 43.4 Å². The van der Waals surface area contributed by atoms with Gasteiger partial charge in [-0.25, -0.2) is 22.6 Å². The molecule has 5 rings (SSSR count). The van der Waals surface area contributed by atoms with Crippen molar-refractivity contribution in [1.82, 2.24) is 19.2 Å². The Morgan fingerprint density at radius 2 is 2.14 bits per heavy atom. The molecule has 1 fully saturated rings. The molecule has 2 N–H and O–H groups in total. The Morgan fingerprint density at radius 1 is 1.31 bits per heavy atom. The van der Waals surface area contributed by atoms with E-state index in [0.29, 0.717) is 0 Å². The first-order valence-corrected chi connectivity index (χ1v) is 13.6. The van der Waals surface area contributed by atoms with Crippen LogP contribution in [0.4, 0.5) is 9.52 Å². The summed E-state index contributed by atoms with van der Waals surface area (Å²) in [5.41, 5.74) is 1.60. The van der Waals surface area contributed by atoms with Crippen LogP contribution in [-0.4, -0.2) is 34.9 Å². The topological polar surface area (TPSA) is 119 Å². The average Bonchev–Trinajstić information content (AvgIpc) is 3.48. The Hall–Kier alpha value is -3.53. The van der Waals surface area contributed by atoms with Crippen LogP contribution in [-0.2, 0) is 10.0 Å². The maximum atomic E-state index is 15.1. The molecule has 0 aliphatic carbocycles. The van der Waals surface area contributed by atoms with Gasteiger partial charge in [0.15, 0.2) is 5.58 Å². The minimum atomic E-state index is -4.32. The number of hydrogen-bond donors (Lipinski definition) is 2. The zero-order chi connectivity index (χ0) is 25.3. The summed E-state index contributed by atoms with van der Waals surface area (Å²) in [4.78, 5) is 15.9. The minimum absolute atomic E-state index is 0.0108. The monoisotopic (exact) mass is 527 g/mol. The average molecular weight is 528 g/mol. The van der Waals surface area contributed by atoms with Crippen molar-refractivity contribution < 1.29 is 17.2 Å². The molecular weight excluding hydrogens is 505 g/mol. The molecule has 1 aliphatic heterocycles. The van der Waals surface area contributed by atoms with Crippen LogP contribution in [0.2, 0.25) is 0 Å². The molecule has 12 heteroatoms. The summed E-state index contributed by atoms with van der Waals surface area (Å²) in [6.07, 6.45) is 4.42. The molecule has 2 unspecified atom stereocenters. The van der Waals surface area contributed by atoms with Crippen molar-refractivity contribution in [2.24, 2.45) is 0 Å². The van der Waals surface area contributed by atoms with E-state index in [0.717, 1.165) is 60.6 Å². The van der Waals surface area contributed by atoms with E-state index >= 15 is 4.39 Å². The van der Waals surface area contributed by atoms with Crippen LogP contribution in [0.5, 0.6) is 0 Å². The van der Waals surface area contributed by atoms with Gasteiger partial charge >= 0.3 is 5.76 Å². The van der Waals surface area contributed by atoms with Crippen LogP contribution in [0.25, 0.3) is 11.1 Å². The normalized spacial score (nSPS) is 16.9. The molecule has 0 saturated carbocycles. The van der Waals surface area contributed by atoms with Gasteiger partial charge in [-0.05, 0) is 44.4 Å². The number of hydrogen-bond acceptors (Lipinski definition) is 8. The number of piperidine rings is 1. The predicted molar refractivity (Wildman–Crippen MR) is 134 cm³/mol. The molecule has 0 spiro atoms. The van der Waals surface area contributed by atoms with Crippen molar-refractivity contribution >= 4 is 37.8 Å². The highest BCUT2D eigenvalue weighted by Gasteiger charge is 2.26. The van der Waals surface area contributed by atoms with Crippen molar-refractivity contribution in [3.05, 3.63) is 70.2 Å². The Morgan fingerprint density at radius 3 is 2.89 bits per heavy atom. The van der Waals surface area contributed by atoms with Crippen molar-refractivity contribution in [1.29, 1.82) is 0 Å². The van der Waals surface area contributed by atoms with Gasteiger partial charge in [-0.3, -0.25) is 9.29 Å². The molecule has 4 aromatic rings. The Bertz CT molecular complexity index is 1630. The first-order chi connectivity index (χ1) is 17.3. The molecule has 2 aromatic carbocycles. The number of oxazole rings is 1. The van der Waals surface area contributed by atoms with Crippen molar-refractivity contribution in [3.8, 4) is 11.8 Å². The number of nitrogens with zero attached hydrogens (tertiary/aromatic N) is 3. The molecule has 0 bridgehead atoms. The van der Waals surface area contributed by atoms with Crippen LogP contribution in [0.3, 0.4) is 0 Å². The first-order valence-electron chi connectivity index (χ1n) is 11.3. The lowest BCUT2D eigenvalue weighted by atomic mass is 10.00. The second-order valence-corrected chi connectivity index (χ2v) is 10.8. The standard InChI is InChI=1S/C24H22FN5O4S2/c1-15(18-8-3-2-6-16(18)9-10-17-7-4-5-11-26-17)30-20-12-19(25)22(13-21(20)34-24(30)31)36(32,33)29-23-27-14-28-35-23/h2-3,6,8,12-15,17,26H,4-5,7,11H2,1H3,(H,27,28,29). The van der Waals surface area contributed by atoms with Crippen LogP contribution >= 0.6 is 11.5 Å². The van der Waals surface area contributed by atoms with Crippen LogP contribution < -0.4 is 15.8 Å². The van der Waals surface area contributed by atoms with Gasteiger partial charge in [0.1, 0.15) is 17.0 Å². The third kappa shape index (κ3) is 4.77. The maximum Gasteiger partial charge on any atom is 0.420 e. The molecule has 2 atom stereocenters. The second-order valence-electron chi connectivity index (χ2n) is 8.38. The maximum absolute atomic E-state index is 15.1. The zero-order valence-corrected chi connectivity index (χ0v) is 20.8. The Kier molecular flexibility index (Phi) is 6.61. The quantitative estimate of drug-likeness (QED) is 0.381. The summed E-state index contributed by atoms with van der Waals surface area (Å²) in [6.45, 7) is 2.72. The highest BCUT2D eigenvalue weighted by atomic mass is 32.2. The summed E-state index contributed by atoms with van der Waals surface area (Å²) in [5.74, 6) is 4.73. The van der Waals surface area contributed by atoms with Crippen LogP contribution in [0.15, 0.2) is 56.8 Å². The van der Waals surface area contributed by atoms with Crippen LogP contribution in [0, 0.1) is 17.7 Å². The lowest BCUT2D eigenvalue weighted by Gasteiger charge is -2.18. The van der Waals surface area contributed by atoms with E-state index in [-0.39, 0.29) is 22.3 Å². The highest BCUT2D eigenvalue weighted by molar-refractivity contribution is 7.93. The number of fused-ring (bicyclic) bond motifs is 1. The predicted octanol–water partition coefficient (Wildman–Crippen LogP) is 3.49. The number of aromatic nitrogens is 3. The molecule has 36 heavy (non-hydrogen) atoms. The third-order valence-corrected chi connectivity index (χ3v) is 8.09. The van der Waals surface area contributed by atoms with Crippen molar-refractivity contribution in [2.45, 2.75) is 43.2 Å². The fourth-order valence-electron chi connectivity index (χ4n) is 4.25.